The van der Waals surface area contributed by atoms with E-state index in [9.17, 15) is 0 Å². The van der Waals surface area contributed by atoms with Gasteiger partial charge in [0, 0.05) is 38.8 Å². The lowest BCUT2D eigenvalue weighted by Crippen LogP contribution is -2.42. The molecular formula is C15H29N3O2. The molecule has 2 aliphatic rings. The molecule has 1 atom stereocenters. The van der Waals surface area contributed by atoms with Crippen LogP contribution in [0, 0.1) is 5.92 Å². The van der Waals surface area contributed by atoms with Crippen LogP contribution >= 0.6 is 0 Å². The Morgan fingerprint density at radius 1 is 1.30 bits per heavy atom. The predicted molar refractivity (Wildman–Crippen MR) is 81.1 cm³/mol. The van der Waals surface area contributed by atoms with Crippen molar-refractivity contribution in [3.05, 3.63) is 0 Å². The smallest absolute Gasteiger partial charge is 0.191 e. The fourth-order valence-electron chi connectivity index (χ4n) is 2.80. The normalized spacial score (nSPS) is 24.2. The van der Waals surface area contributed by atoms with Gasteiger partial charge < -0.3 is 20.1 Å². The molecule has 1 saturated carbocycles. The van der Waals surface area contributed by atoms with E-state index in [2.05, 4.69) is 15.6 Å². The lowest BCUT2D eigenvalue weighted by atomic mass is 10.1. The minimum Gasteiger partial charge on any atom is -0.381 e. The first-order valence-corrected chi connectivity index (χ1v) is 8.01. The average Bonchev–Trinajstić information content (AvgIpc) is 3.14. The first-order valence-electron chi connectivity index (χ1n) is 8.01. The molecule has 116 valence electrons. The zero-order chi connectivity index (χ0) is 14.0. The van der Waals surface area contributed by atoms with Gasteiger partial charge in [-0.05, 0) is 25.7 Å². The van der Waals surface area contributed by atoms with Gasteiger partial charge in [-0.1, -0.05) is 12.8 Å². The number of aliphatic imine (C=N–C) groups is 1. The molecular weight excluding hydrogens is 254 g/mol. The summed E-state index contributed by atoms with van der Waals surface area (Å²) in [5.74, 6) is 1.54. The highest BCUT2D eigenvalue weighted by Crippen LogP contribution is 2.17. The van der Waals surface area contributed by atoms with Crippen LogP contribution in [0.1, 0.15) is 38.5 Å². The highest BCUT2D eigenvalue weighted by Gasteiger charge is 2.16. The van der Waals surface area contributed by atoms with Gasteiger partial charge in [0.05, 0.1) is 13.2 Å². The lowest BCUT2D eigenvalue weighted by Gasteiger charge is -2.16. The van der Waals surface area contributed by atoms with Crippen LogP contribution in [0.4, 0.5) is 0 Å². The van der Waals surface area contributed by atoms with Crippen LogP contribution in [0.2, 0.25) is 0 Å². The largest absolute Gasteiger partial charge is 0.381 e. The number of hydrogen-bond acceptors (Lipinski definition) is 3. The molecule has 1 saturated heterocycles. The maximum Gasteiger partial charge on any atom is 0.191 e. The molecule has 2 fully saturated rings. The van der Waals surface area contributed by atoms with Crippen LogP contribution in [-0.2, 0) is 9.47 Å². The number of nitrogens with zero attached hydrogens (tertiary/aromatic N) is 1. The Balaban J connectivity index is 1.46. The Kier molecular flexibility index (Phi) is 7.15. The van der Waals surface area contributed by atoms with Crippen molar-refractivity contribution in [2.24, 2.45) is 10.9 Å². The minimum atomic E-state index is 0.611. The summed E-state index contributed by atoms with van der Waals surface area (Å²) in [4.78, 5) is 4.27. The summed E-state index contributed by atoms with van der Waals surface area (Å²) in [6, 6.07) is 0.611. The van der Waals surface area contributed by atoms with Crippen molar-refractivity contribution in [2.75, 3.05) is 40.0 Å². The molecule has 5 nitrogen and oxygen atoms in total. The maximum absolute atomic E-state index is 5.69. The van der Waals surface area contributed by atoms with Gasteiger partial charge in [0.2, 0.25) is 0 Å². The van der Waals surface area contributed by atoms with Gasteiger partial charge in [0.25, 0.3) is 0 Å². The monoisotopic (exact) mass is 283 g/mol. The van der Waals surface area contributed by atoms with Crippen molar-refractivity contribution in [3.8, 4) is 0 Å². The molecule has 0 bridgehead atoms. The molecule has 5 heteroatoms. The van der Waals surface area contributed by atoms with E-state index in [-0.39, 0.29) is 0 Å². The standard InChI is InChI=1S/C15H29N3O2/c1-16-15(18-14-5-2-3-6-14)17-8-4-9-19-11-13-7-10-20-12-13/h13-14H,2-12H2,1H3,(H2,16,17,18). The molecule has 0 radical (unpaired) electrons. The van der Waals surface area contributed by atoms with Crippen molar-refractivity contribution < 1.29 is 9.47 Å². The summed E-state index contributed by atoms with van der Waals surface area (Å²) in [7, 11) is 1.83. The second-order valence-electron chi connectivity index (χ2n) is 5.78. The van der Waals surface area contributed by atoms with Gasteiger partial charge >= 0.3 is 0 Å². The average molecular weight is 283 g/mol. The van der Waals surface area contributed by atoms with Crippen LogP contribution in [0.5, 0.6) is 0 Å². The van der Waals surface area contributed by atoms with Crippen molar-refractivity contribution in [2.45, 2.75) is 44.6 Å². The van der Waals surface area contributed by atoms with E-state index in [0.717, 1.165) is 51.8 Å². The van der Waals surface area contributed by atoms with Gasteiger partial charge in [-0.2, -0.15) is 0 Å². The van der Waals surface area contributed by atoms with Crippen LogP contribution in [-0.4, -0.2) is 52.0 Å². The third kappa shape index (κ3) is 5.67. The van der Waals surface area contributed by atoms with E-state index in [1.165, 1.54) is 25.7 Å². The Morgan fingerprint density at radius 2 is 2.15 bits per heavy atom. The lowest BCUT2D eigenvalue weighted by molar-refractivity contribution is 0.0888. The van der Waals surface area contributed by atoms with E-state index in [1.807, 2.05) is 7.05 Å². The van der Waals surface area contributed by atoms with Crippen LogP contribution in [0.3, 0.4) is 0 Å². The maximum atomic E-state index is 5.69. The number of guanidine groups is 1. The summed E-state index contributed by atoms with van der Waals surface area (Å²) in [5.41, 5.74) is 0. The highest BCUT2D eigenvalue weighted by molar-refractivity contribution is 5.79. The molecule has 1 aliphatic carbocycles. The number of rotatable bonds is 7. The third-order valence-electron chi connectivity index (χ3n) is 4.06. The molecule has 2 N–H and O–H groups in total. The number of nitrogens with one attached hydrogen (secondary N) is 2. The summed E-state index contributed by atoms with van der Waals surface area (Å²) >= 11 is 0. The van der Waals surface area contributed by atoms with Crippen LogP contribution in [0.25, 0.3) is 0 Å². The predicted octanol–water partition coefficient (Wildman–Crippen LogP) is 1.54. The molecule has 0 aromatic carbocycles. The third-order valence-corrected chi connectivity index (χ3v) is 4.06. The molecule has 1 unspecified atom stereocenters. The van der Waals surface area contributed by atoms with E-state index in [0.29, 0.717) is 12.0 Å². The Bertz CT molecular complexity index is 285. The second-order valence-corrected chi connectivity index (χ2v) is 5.78. The molecule has 0 aromatic rings. The number of hydrogen-bond donors (Lipinski definition) is 2. The van der Waals surface area contributed by atoms with Crippen molar-refractivity contribution in [3.63, 3.8) is 0 Å². The molecule has 0 aromatic heterocycles. The molecule has 0 spiro atoms. The van der Waals surface area contributed by atoms with Crippen molar-refractivity contribution >= 4 is 5.96 Å². The second kappa shape index (κ2) is 9.19. The minimum absolute atomic E-state index is 0.611. The molecule has 0 amide bonds. The van der Waals surface area contributed by atoms with Crippen LogP contribution in [0.15, 0.2) is 4.99 Å². The Morgan fingerprint density at radius 3 is 2.85 bits per heavy atom. The zero-order valence-electron chi connectivity index (χ0n) is 12.7. The summed E-state index contributed by atoms with van der Waals surface area (Å²) in [6.45, 7) is 4.33. The summed E-state index contributed by atoms with van der Waals surface area (Å²) in [6.07, 6.45) is 7.39. The van der Waals surface area contributed by atoms with Gasteiger partial charge in [-0.15, -0.1) is 0 Å². The van der Waals surface area contributed by atoms with Gasteiger partial charge in [-0.25, -0.2) is 0 Å². The first kappa shape index (κ1) is 15.6. The Hall–Kier alpha value is -0.810. The van der Waals surface area contributed by atoms with Gasteiger partial charge in [-0.3, -0.25) is 4.99 Å². The van der Waals surface area contributed by atoms with E-state index < -0.39 is 0 Å². The van der Waals surface area contributed by atoms with Crippen molar-refractivity contribution in [1.82, 2.24) is 10.6 Å². The SMILES string of the molecule is CN=C(NCCCOCC1CCOC1)NC1CCCC1. The molecule has 1 heterocycles. The van der Waals surface area contributed by atoms with Crippen molar-refractivity contribution in [1.29, 1.82) is 0 Å². The number of ether oxygens (including phenoxy) is 2. The molecule has 2 rings (SSSR count). The van der Waals surface area contributed by atoms with E-state index >= 15 is 0 Å². The highest BCUT2D eigenvalue weighted by atomic mass is 16.5. The van der Waals surface area contributed by atoms with E-state index in [4.69, 9.17) is 9.47 Å². The topological polar surface area (TPSA) is 54.9 Å². The zero-order valence-corrected chi connectivity index (χ0v) is 12.7. The quantitative estimate of drug-likeness (QED) is 0.423. The van der Waals surface area contributed by atoms with Gasteiger partial charge in [0.1, 0.15) is 0 Å². The Labute approximate surface area is 122 Å². The first-order chi connectivity index (χ1) is 9.88. The summed E-state index contributed by atoms with van der Waals surface area (Å²) in [5, 5.41) is 6.84. The van der Waals surface area contributed by atoms with Crippen LogP contribution < -0.4 is 10.6 Å². The van der Waals surface area contributed by atoms with E-state index in [1.54, 1.807) is 0 Å². The molecule has 20 heavy (non-hydrogen) atoms. The fraction of sp³-hybridized carbons (Fsp3) is 0.933. The van der Waals surface area contributed by atoms with Gasteiger partial charge in [0.15, 0.2) is 5.96 Å². The summed E-state index contributed by atoms with van der Waals surface area (Å²) < 4.78 is 11.0. The fourth-order valence-corrected chi connectivity index (χ4v) is 2.80. The molecule has 1 aliphatic heterocycles.